The second-order valence-electron chi connectivity index (χ2n) is 1.31. The molecule has 0 amide bonds. The quantitative estimate of drug-likeness (QED) is 0.444. The minimum Gasteiger partial charge on any atom is -0.490 e. The molecule has 0 saturated heterocycles. The molecule has 1 aliphatic rings. The van der Waals surface area contributed by atoms with Crippen molar-refractivity contribution in [1.82, 2.24) is 0 Å². The molecule has 1 rings (SSSR count). The fourth-order valence-electron chi connectivity index (χ4n) is 0.415. The molecule has 1 radical (unpaired) electrons. The summed E-state index contributed by atoms with van der Waals surface area (Å²) >= 11 is 0. The maximum absolute atomic E-state index is 4.80. The lowest BCUT2D eigenvalue weighted by Crippen LogP contribution is -1.65. The predicted octanol–water partition coefficient (Wildman–Crippen LogP) is 1.64. The minimum atomic E-state index is 0.983. The summed E-state index contributed by atoms with van der Waals surface area (Å²) < 4.78 is 4.80. The van der Waals surface area contributed by atoms with Crippen LogP contribution in [0.4, 0.5) is 0 Å². The molecular weight excluding hydrogens is 88.1 g/mol. The molecule has 1 aliphatic heterocycles. The first-order chi connectivity index (χ1) is 3.50. The molecule has 0 N–H and O–H groups in total. The molecule has 1 heterocycles. The first kappa shape index (κ1) is 4.44. The van der Waals surface area contributed by atoms with Gasteiger partial charge in [0.25, 0.3) is 0 Å². The molecule has 0 spiro atoms. The van der Waals surface area contributed by atoms with Gasteiger partial charge in [-0.2, -0.15) is 0 Å². The van der Waals surface area contributed by atoms with E-state index in [0.717, 1.165) is 6.42 Å². The average Bonchev–Trinajstić information content (AvgIpc) is 1.90. The summed E-state index contributed by atoms with van der Waals surface area (Å²) in [7, 11) is 0. The first-order valence-corrected chi connectivity index (χ1v) is 2.29. The number of ether oxygens (including phenoxy) is 1. The Morgan fingerprint density at radius 3 is 3.29 bits per heavy atom. The normalized spacial score (nSPS) is 18.3. The monoisotopic (exact) mass is 95.0 g/mol. The molecule has 0 atom stereocenters. The third-order valence-electron chi connectivity index (χ3n) is 0.740. The number of hydrogen-bond acceptors (Lipinski definition) is 1. The van der Waals surface area contributed by atoms with E-state index in [2.05, 4.69) is 0 Å². The van der Waals surface area contributed by atoms with Crippen molar-refractivity contribution in [3.05, 3.63) is 31.1 Å². The fourth-order valence-corrected chi connectivity index (χ4v) is 0.415. The van der Waals surface area contributed by atoms with Crippen LogP contribution in [0.2, 0.25) is 0 Å². The molecular formula is C6H7O. The molecule has 0 aromatic rings. The summed E-state index contributed by atoms with van der Waals surface area (Å²) in [6.45, 7) is 1.66. The van der Waals surface area contributed by atoms with Gasteiger partial charge in [0.05, 0.1) is 6.26 Å². The Kier molecular flexibility index (Phi) is 1.56. The molecule has 0 aliphatic carbocycles. The van der Waals surface area contributed by atoms with Gasteiger partial charge in [-0.25, -0.2) is 0 Å². The predicted molar refractivity (Wildman–Crippen MR) is 28.3 cm³/mol. The summed E-state index contributed by atoms with van der Waals surface area (Å²) in [6.07, 6.45) is 8.54. The van der Waals surface area contributed by atoms with E-state index in [9.17, 15) is 0 Å². The van der Waals surface area contributed by atoms with Crippen LogP contribution >= 0.6 is 0 Å². The van der Waals surface area contributed by atoms with E-state index >= 15 is 0 Å². The molecule has 0 aromatic carbocycles. The SMILES string of the molecule is [CH]1C=CCC=CO1. The number of hydrogen-bond donors (Lipinski definition) is 0. The van der Waals surface area contributed by atoms with Crippen molar-refractivity contribution in [1.29, 1.82) is 0 Å². The lowest BCUT2D eigenvalue weighted by atomic mass is 10.4. The van der Waals surface area contributed by atoms with E-state index in [1.807, 2.05) is 18.2 Å². The maximum Gasteiger partial charge on any atom is 0.156 e. The highest BCUT2D eigenvalue weighted by Crippen LogP contribution is 1.95. The van der Waals surface area contributed by atoms with Gasteiger partial charge >= 0.3 is 0 Å². The molecule has 1 nitrogen and oxygen atoms in total. The largest absolute Gasteiger partial charge is 0.490 e. The van der Waals surface area contributed by atoms with Gasteiger partial charge in [0.2, 0.25) is 0 Å². The van der Waals surface area contributed by atoms with Gasteiger partial charge in [0.15, 0.2) is 6.61 Å². The standard InChI is InChI=1S/C6H7O/c1-2-4-6-7-5-3-1/h1,3-6H,2H2. The van der Waals surface area contributed by atoms with Crippen molar-refractivity contribution in [3.8, 4) is 0 Å². The Morgan fingerprint density at radius 1 is 1.29 bits per heavy atom. The second-order valence-corrected chi connectivity index (χ2v) is 1.31. The molecule has 0 unspecified atom stereocenters. The Labute approximate surface area is 43.3 Å². The second kappa shape index (κ2) is 2.45. The molecule has 0 saturated carbocycles. The number of allylic oxidation sites excluding steroid dienone is 2. The van der Waals surface area contributed by atoms with E-state index in [0.29, 0.717) is 0 Å². The molecule has 37 valence electrons. The van der Waals surface area contributed by atoms with Crippen LogP contribution in [-0.4, -0.2) is 0 Å². The van der Waals surface area contributed by atoms with Crippen molar-refractivity contribution in [3.63, 3.8) is 0 Å². The molecule has 0 bridgehead atoms. The van der Waals surface area contributed by atoms with Gasteiger partial charge in [0.1, 0.15) is 0 Å². The third-order valence-corrected chi connectivity index (χ3v) is 0.740. The van der Waals surface area contributed by atoms with Crippen LogP contribution in [0.15, 0.2) is 24.5 Å². The summed E-state index contributed by atoms with van der Waals surface area (Å²) in [6, 6.07) is 0. The zero-order valence-electron chi connectivity index (χ0n) is 4.00. The zero-order valence-corrected chi connectivity index (χ0v) is 4.00. The van der Waals surface area contributed by atoms with Gasteiger partial charge in [-0.1, -0.05) is 6.08 Å². The van der Waals surface area contributed by atoms with Crippen molar-refractivity contribution >= 4 is 0 Å². The fraction of sp³-hybridized carbons (Fsp3) is 0.167. The number of rotatable bonds is 0. The smallest absolute Gasteiger partial charge is 0.156 e. The lowest BCUT2D eigenvalue weighted by Gasteiger charge is -1.84. The van der Waals surface area contributed by atoms with Crippen LogP contribution in [-0.2, 0) is 4.74 Å². The molecule has 1 heteroatoms. The van der Waals surface area contributed by atoms with Gasteiger partial charge < -0.3 is 4.74 Å². The average molecular weight is 95.1 g/mol. The highest BCUT2D eigenvalue weighted by Gasteiger charge is 1.79. The van der Waals surface area contributed by atoms with Crippen molar-refractivity contribution in [2.75, 3.05) is 0 Å². The van der Waals surface area contributed by atoms with Crippen LogP contribution < -0.4 is 0 Å². The van der Waals surface area contributed by atoms with Crippen LogP contribution in [0.1, 0.15) is 6.42 Å². The zero-order chi connectivity index (χ0) is 4.95. The first-order valence-electron chi connectivity index (χ1n) is 2.29. The highest BCUT2D eigenvalue weighted by atomic mass is 16.5. The van der Waals surface area contributed by atoms with Crippen LogP contribution in [0.25, 0.3) is 0 Å². The minimum absolute atomic E-state index is 0.983. The Hall–Kier alpha value is -0.720. The van der Waals surface area contributed by atoms with Crippen molar-refractivity contribution < 1.29 is 4.74 Å². The van der Waals surface area contributed by atoms with E-state index in [1.165, 1.54) is 0 Å². The van der Waals surface area contributed by atoms with Crippen molar-refractivity contribution in [2.45, 2.75) is 6.42 Å². The third kappa shape index (κ3) is 1.44. The van der Waals surface area contributed by atoms with Crippen molar-refractivity contribution in [2.24, 2.45) is 0 Å². The summed E-state index contributed by atoms with van der Waals surface area (Å²) in [5, 5.41) is 0. The molecule has 0 fully saturated rings. The molecule has 7 heavy (non-hydrogen) atoms. The summed E-state index contributed by atoms with van der Waals surface area (Å²) in [5.41, 5.74) is 0. The van der Waals surface area contributed by atoms with Crippen LogP contribution in [0, 0.1) is 6.61 Å². The Bertz CT molecular complexity index is 80.4. The van der Waals surface area contributed by atoms with E-state index < -0.39 is 0 Å². The topological polar surface area (TPSA) is 9.23 Å². The maximum atomic E-state index is 4.80. The van der Waals surface area contributed by atoms with E-state index in [-0.39, 0.29) is 0 Å². The van der Waals surface area contributed by atoms with Gasteiger partial charge in [-0.3, -0.25) is 0 Å². The van der Waals surface area contributed by atoms with Gasteiger partial charge in [-0.05, 0) is 18.6 Å². The van der Waals surface area contributed by atoms with Gasteiger partial charge in [0, 0.05) is 0 Å². The molecule has 0 aromatic heterocycles. The Balaban J connectivity index is 2.38. The highest BCUT2D eigenvalue weighted by molar-refractivity contribution is 4.98. The summed E-state index contributed by atoms with van der Waals surface area (Å²) in [5.74, 6) is 0. The van der Waals surface area contributed by atoms with Crippen LogP contribution in [0.5, 0.6) is 0 Å². The van der Waals surface area contributed by atoms with Crippen LogP contribution in [0.3, 0.4) is 0 Å². The van der Waals surface area contributed by atoms with E-state index in [4.69, 9.17) is 4.74 Å². The van der Waals surface area contributed by atoms with Gasteiger partial charge in [-0.15, -0.1) is 0 Å². The lowest BCUT2D eigenvalue weighted by molar-refractivity contribution is 0.358. The Morgan fingerprint density at radius 2 is 2.29 bits per heavy atom. The van der Waals surface area contributed by atoms with E-state index in [1.54, 1.807) is 12.9 Å². The summed E-state index contributed by atoms with van der Waals surface area (Å²) in [4.78, 5) is 0.